The molecule has 0 N–H and O–H groups in total. The number of methoxy groups -OCH3 is 1. The van der Waals surface area contributed by atoms with E-state index in [-0.39, 0.29) is 0 Å². The lowest BCUT2D eigenvalue weighted by Gasteiger charge is -2.10. The second-order valence-electron chi connectivity index (χ2n) is 3.02. The van der Waals surface area contributed by atoms with Gasteiger partial charge in [-0.2, -0.15) is 0 Å². The van der Waals surface area contributed by atoms with Crippen LogP contribution in [0.5, 0.6) is 5.75 Å². The molecule has 0 aliphatic rings. The highest BCUT2D eigenvalue weighted by atomic mass is 32.2. The van der Waals surface area contributed by atoms with Crippen molar-refractivity contribution in [2.45, 2.75) is 17.7 Å². The van der Waals surface area contributed by atoms with Crippen molar-refractivity contribution in [3.63, 3.8) is 0 Å². The van der Waals surface area contributed by atoms with Crippen molar-refractivity contribution >= 4 is 11.8 Å². The molecule has 0 bridgehead atoms. The van der Waals surface area contributed by atoms with Crippen LogP contribution in [0.25, 0.3) is 0 Å². The van der Waals surface area contributed by atoms with Crippen molar-refractivity contribution in [3.05, 3.63) is 30.7 Å². The molecule has 1 nitrogen and oxygen atoms in total. The van der Waals surface area contributed by atoms with E-state index in [1.54, 1.807) is 18.9 Å². The molecule has 0 spiro atoms. The predicted molar refractivity (Wildman–Crippen MR) is 58.5 cm³/mol. The van der Waals surface area contributed by atoms with Gasteiger partial charge in [0.15, 0.2) is 0 Å². The molecule has 0 amide bonds. The molecule has 1 aromatic carbocycles. The van der Waals surface area contributed by atoms with E-state index in [9.17, 15) is 0 Å². The minimum atomic E-state index is 0.310. The van der Waals surface area contributed by atoms with Crippen LogP contribution in [0.1, 0.15) is 18.4 Å². The molecule has 0 aliphatic heterocycles. The molecule has 1 rings (SSSR count). The Morgan fingerprint density at radius 3 is 2.62 bits per heavy atom. The fourth-order valence-electron chi connectivity index (χ4n) is 1.16. The third kappa shape index (κ3) is 2.41. The Kier molecular flexibility index (Phi) is 3.67. The SMILES string of the molecule is [CH2]C(C)c1ccc(SC)c(OC)c1. The molecule has 0 heterocycles. The number of thioether (sulfide) groups is 1. The van der Waals surface area contributed by atoms with Gasteiger partial charge in [0.1, 0.15) is 5.75 Å². The fraction of sp³-hybridized carbons (Fsp3) is 0.364. The molecular weight excluding hydrogens is 180 g/mol. The highest BCUT2D eigenvalue weighted by molar-refractivity contribution is 7.98. The molecule has 0 fully saturated rings. The Bertz CT molecular complexity index is 281. The number of hydrogen-bond acceptors (Lipinski definition) is 2. The molecule has 13 heavy (non-hydrogen) atoms. The highest BCUT2D eigenvalue weighted by Gasteiger charge is 2.05. The maximum absolute atomic E-state index is 5.28. The maximum Gasteiger partial charge on any atom is 0.132 e. The molecule has 0 saturated carbocycles. The summed E-state index contributed by atoms with van der Waals surface area (Å²) in [7, 11) is 1.70. The van der Waals surface area contributed by atoms with Crippen LogP contribution in [-0.2, 0) is 0 Å². The zero-order valence-corrected chi connectivity index (χ0v) is 9.15. The molecule has 71 valence electrons. The maximum atomic E-state index is 5.28. The molecule has 0 saturated heterocycles. The van der Waals surface area contributed by atoms with Crippen LogP contribution in [0.2, 0.25) is 0 Å². The van der Waals surface area contributed by atoms with E-state index < -0.39 is 0 Å². The first-order valence-electron chi connectivity index (χ1n) is 4.24. The Balaban J connectivity index is 3.05. The van der Waals surface area contributed by atoms with Gasteiger partial charge in [0.2, 0.25) is 0 Å². The summed E-state index contributed by atoms with van der Waals surface area (Å²) in [4.78, 5) is 1.17. The first-order valence-corrected chi connectivity index (χ1v) is 5.46. The summed E-state index contributed by atoms with van der Waals surface area (Å²) in [6, 6.07) is 6.25. The molecule has 2 heteroatoms. The first-order chi connectivity index (χ1) is 6.19. The second kappa shape index (κ2) is 4.56. The second-order valence-corrected chi connectivity index (χ2v) is 3.86. The summed E-state index contributed by atoms with van der Waals surface area (Å²) in [5, 5.41) is 0. The van der Waals surface area contributed by atoms with Gasteiger partial charge in [-0.25, -0.2) is 0 Å². The van der Waals surface area contributed by atoms with Gasteiger partial charge >= 0.3 is 0 Å². The van der Waals surface area contributed by atoms with Crippen molar-refractivity contribution in [1.29, 1.82) is 0 Å². The number of rotatable bonds is 3. The van der Waals surface area contributed by atoms with E-state index in [0.717, 1.165) is 5.75 Å². The van der Waals surface area contributed by atoms with E-state index in [1.165, 1.54) is 10.5 Å². The highest BCUT2D eigenvalue weighted by Crippen LogP contribution is 2.30. The van der Waals surface area contributed by atoms with Crippen LogP contribution in [-0.4, -0.2) is 13.4 Å². The summed E-state index contributed by atoms with van der Waals surface area (Å²) < 4.78 is 5.28. The van der Waals surface area contributed by atoms with Crippen LogP contribution in [0, 0.1) is 6.92 Å². The van der Waals surface area contributed by atoms with Crippen molar-refractivity contribution < 1.29 is 4.74 Å². The third-order valence-electron chi connectivity index (χ3n) is 1.98. The van der Waals surface area contributed by atoms with Crippen molar-refractivity contribution in [1.82, 2.24) is 0 Å². The van der Waals surface area contributed by atoms with E-state index in [0.29, 0.717) is 5.92 Å². The van der Waals surface area contributed by atoms with Crippen LogP contribution >= 0.6 is 11.8 Å². The average molecular weight is 195 g/mol. The molecule has 1 unspecified atom stereocenters. The molecule has 1 aromatic rings. The van der Waals surface area contributed by atoms with E-state index in [4.69, 9.17) is 4.74 Å². The topological polar surface area (TPSA) is 9.23 Å². The average Bonchev–Trinajstić information content (AvgIpc) is 2.16. The van der Waals surface area contributed by atoms with E-state index >= 15 is 0 Å². The zero-order valence-electron chi connectivity index (χ0n) is 8.33. The van der Waals surface area contributed by atoms with Gasteiger partial charge < -0.3 is 4.74 Å². The number of ether oxygens (including phenoxy) is 1. The summed E-state index contributed by atoms with van der Waals surface area (Å²) in [5.74, 6) is 1.25. The summed E-state index contributed by atoms with van der Waals surface area (Å²) in [5.41, 5.74) is 1.22. The lowest BCUT2D eigenvalue weighted by atomic mass is 10.0. The van der Waals surface area contributed by atoms with Gasteiger partial charge in [0, 0.05) is 4.90 Å². The van der Waals surface area contributed by atoms with Gasteiger partial charge in [-0.15, -0.1) is 11.8 Å². The van der Waals surface area contributed by atoms with Crippen LogP contribution < -0.4 is 4.74 Å². The summed E-state index contributed by atoms with van der Waals surface area (Å²) in [6.45, 7) is 6.05. The van der Waals surface area contributed by atoms with Crippen molar-refractivity contribution in [2.75, 3.05) is 13.4 Å². The van der Waals surface area contributed by atoms with Crippen molar-refractivity contribution in [2.24, 2.45) is 0 Å². The molecule has 0 aromatic heterocycles. The van der Waals surface area contributed by atoms with Gasteiger partial charge in [-0.1, -0.05) is 13.0 Å². The lowest BCUT2D eigenvalue weighted by Crippen LogP contribution is -1.91. The molecule has 0 aliphatic carbocycles. The van der Waals surface area contributed by atoms with Crippen molar-refractivity contribution in [3.8, 4) is 5.75 Å². The smallest absolute Gasteiger partial charge is 0.132 e. The Labute approximate surface area is 84.5 Å². The Hall–Kier alpha value is -0.630. The van der Waals surface area contributed by atoms with Crippen LogP contribution in [0.3, 0.4) is 0 Å². The molecule has 1 atom stereocenters. The van der Waals surface area contributed by atoms with Gasteiger partial charge in [-0.3, -0.25) is 0 Å². The third-order valence-corrected chi connectivity index (χ3v) is 2.75. The van der Waals surface area contributed by atoms with Crippen LogP contribution in [0.4, 0.5) is 0 Å². The van der Waals surface area contributed by atoms with Crippen LogP contribution in [0.15, 0.2) is 23.1 Å². The lowest BCUT2D eigenvalue weighted by molar-refractivity contribution is 0.404. The number of benzene rings is 1. The van der Waals surface area contributed by atoms with Gasteiger partial charge in [0.25, 0.3) is 0 Å². The number of hydrogen-bond donors (Lipinski definition) is 0. The quantitative estimate of drug-likeness (QED) is 0.684. The molecule has 1 radical (unpaired) electrons. The Morgan fingerprint density at radius 2 is 2.15 bits per heavy atom. The summed E-state index contributed by atoms with van der Waals surface area (Å²) in [6.07, 6.45) is 2.05. The summed E-state index contributed by atoms with van der Waals surface area (Å²) >= 11 is 1.70. The fourth-order valence-corrected chi connectivity index (χ4v) is 1.71. The first kappa shape index (κ1) is 10.5. The minimum absolute atomic E-state index is 0.310. The molecular formula is C11H15OS. The standard InChI is InChI=1S/C11H15OS/c1-8(2)9-5-6-11(13-4)10(7-9)12-3/h5-8H,1H2,2-4H3. The zero-order chi connectivity index (χ0) is 9.84. The van der Waals surface area contributed by atoms with Gasteiger partial charge in [-0.05, 0) is 36.8 Å². The minimum Gasteiger partial charge on any atom is -0.496 e. The van der Waals surface area contributed by atoms with Gasteiger partial charge in [0.05, 0.1) is 7.11 Å². The monoisotopic (exact) mass is 195 g/mol. The van der Waals surface area contributed by atoms with E-state index in [1.807, 2.05) is 6.26 Å². The largest absolute Gasteiger partial charge is 0.496 e. The Morgan fingerprint density at radius 1 is 1.46 bits per heavy atom. The normalized spacial score (nSPS) is 10.5. The predicted octanol–water partition coefficient (Wildman–Crippen LogP) is 3.35. The van der Waals surface area contributed by atoms with E-state index in [2.05, 4.69) is 32.0 Å².